The van der Waals surface area contributed by atoms with Gasteiger partial charge in [0.1, 0.15) is 18.3 Å². The molecule has 0 bridgehead atoms. The third-order valence-corrected chi connectivity index (χ3v) is 8.30. The van der Waals surface area contributed by atoms with Crippen LogP contribution in [0.1, 0.15) is 72.6 Å². The van der Waals surface area contributed by atoms with Gasteiger partial charge in [-0.15, -0.1) is 0 Å². The fraction of sp³-hybridized carbons (Fsp3) is 0.769. The Morgan fingerprint density at radius 1 is 1.12 bits per heavy atom. The number of azide groups is 1. The molecule has 17 heteroatoms. The third kappa shape index (κ3) is 10.9. The number of nitrogens with zero attached hydrogens (tertiary/aromatic N) is 4. The van der Waals surface area contributed by atoms with Crippen LogP contribution in [0.15, 0.2) is 20.9 Å². The summed E-state index contributed by atoms with van der Waals surface area (Å²) in [4.78, 5) is 55.0. The van der Waals surface area contributed by atoms with Crippen molar-refractivity contribution >= 4 is 19.6 Å². The number of carbonyl (C=O) groups is 2. The molecule has 1 aliphatic rings. The van der Waals surface area contributed by atoms with Crippen LogP contribution in [0.25, 0.3) is 10.4 Å². The summed E-state index contributed by atoms with van der Waals surface area (Å²) in [5.41, 5.74) is 8.17. The molecule has 16 nitrogen and oxygen atoms in total. The van der Waals surface area contributed by atoms with E-state index in [-0.39, 0.29) is 49.9 Å². The number of aryl methyl sites for hydroxylation is 1. The van der Waals surface area contributed by atoms with E-state index in [9.17, 15) is 23.7 Å². The molecular weight excluding hydrogens is 585 g/mol. The highest BCUT2D eigenvalue weighted by molar-refractivity contribution is 7.54. The summed E-state index contributed by atoms with van der Waals surface area (Å²) < 4.78 is 37.8. The van der Waals surface area contributed by atoms with E-state index >= 15 is 0 Å². The number of hydrogen-bond donors (Lipinski definition) is 3. The zero-order valence-corrected chi connectivity index (χ0v) is 26.7. The number of ether oxygens (including phenoxy) is 3. The summed E-state index contributed by atoms with van der Waals surface area (Å²) in [7, 11) is -4.25. The van der Waals surface area contributed by atoms with Crippen molar-refractivity contribution in [3.8, 4) is 0 Å². The summed E-state index contributed by atoms with van der Waals surface area (Å²) in [6, 6.07) is -2.93. The Labute approximate surface area is 250 Å². The maximum Gasteiger partial charge on any atom is 0.342 e. The number of H-pyrrole nitrogens is 1. The second kappa shape index (κ2) is 16.7. The molecule has 0 radical (unpaired) electrons. The van der Waals surface area contributed by atoms with Crippen molar-refractivity contribution in [3.63, 3.8) is 0 Å². The fourth-order valence-corrected chi connectivity index (χ4v) is 6.38. The highest BCUT2D eigenvalue weighted by atomic mass is 31.2. The van der Waals surface area contributed by atoms with Crippen molar-refractivity contribution < 1.29 is 32.9 Å². The molecule has 1 fully saturated rings. The zero-order valence-electron chi connectivity index (χ0n) is 25.8. The number of hydrogen-bond acceptors (Lipinski definition) is 10. The molecule has 0 spiro atoms. The molecule has 1 aromatic rings. The predicted molar refractivity (Wildman–Crippen MR) is 157 cm³/mol. The largest absolute Gasteiger partial charge is 0.465 e. The Kier molecular flexibility index (Phi) is 14.1. The zero-order chi connectivity index (χ0) is 32.3. The van der Waals surface area contributed by atoms with Gasteiger partial charge in [0.2, 0.25) is 0 Å². The Hall–Kier alpha value is -3.00. The number of aromatic nitrogens is 2. The van der Waals surface area contributed by atoms with E-state index in [2.05, 4.69) is 25.2 Å². The molecular formula is C26H44N7O9P. The minimum atomic E-state index is -4.25. The number of carbonyl (C=O) groups excluding carboxylic acids is 2. The number of rotatable bonds is 17. The van der Waals surface area contributed by atoms with Crippen molar-refractivity contribution in [3.05, 3.63) is 43.0 Å². The van der Waals surface area contributed by atoms with Crippen LogP contribution in [0.3, 0.4) is 0 Å². The molecule has 242 valence electrons. The van der Waals surface area contributed by atoms with E-state index < -0.39 is 67.9 Å². The number of esters is 2. The standard InChI is InChI=1S/C26H44N7O9P/c1-8-39-24(35)19(10-15(3)4)30-43(38,31-20(11-16(5)6)25(36)40-9-2)41-14-21-18(29-32-27)12-22(42-21)33-13-17(7)23(34)28-26(33)37/h13,15-16,18-22H,8-12,14H2,1-7H3,(H,28,34,37)(H2,30,31,38)/t18?,19-,20-,21?,22?/m0/s1. The van der Waals surface area contributed by atoms with Gasteiger partial charge in [-0.2, -0.15) is 0 Å². The van der Waals surface area contributed by atoms with Crippen molar-refractivity contribution in [1.82, 2.24) is 19.7 Å². The molecule has 2 rings (SSSR count). The monoisotopic (exact) mass is 629 g/mol. The molecule has 1 aliphatic heterocycles. The number of aromatic amines is 1. The fourth-order valence-electron chi connectivity index (χ4n) is 4.56. The Morgan fingerprint density at radius 3 is 2.12 bits per heavy atom. The van der Waals surface area contributed by atoms with Crippen molar-refractivity contribution in [1.29, 1.82) is 0 Å². The van der Waals surface area contributed by atoms with E-state index in [1.165, 1.54) is 17.7 Å². The van der Waals surface area contributed by atoms with Gasteiger partial charge in [-0.25, -0.2) is 15.0 Å². The highest BCUT2D eigenvalue weighted by Crippen LogP contribution is 2.42. The first-order valence-corrected chi connectivity index (χ1v) is 16.0. The second-order valence-corrected chi connectivity index (χ2v) is 13.0. The SMILES string of the molecule is CCOC(=O)[C@H](CC(C)C)NP(=O)(N[C@@H](CC(C)C)C(=O)OCC)OCC1OC(n2cc(C)c(=O)[nH]c2=O)CC1N=[N+]=[N-]. The molecule has 1 saturated heterocycles. The lowest BCUT2D eigenvalue weighted by Gasteiger charge is -2.30. The van der Waals surface area contributed by atoms with Crippen molar-refractivity contribution in [2.75, 3.05) is 19.8 Å². The minimum absolute atomic E-state index is 0.000717. The van der Waals surface area contributed by atoms with Crippen LogP contribution < -0.4 is 21.4 Å². The maximum absolute atomic E-state index is 14.4. The molecule has 0 saturated carbocycles. The summed E-state index contributed by atoms with van der Waals surface area (Å²) >= 11 is 0. The average Bonchev–Trinajstić information content (AvgIpc) is 3.31. The molecule has 0 aliphatic carbocycles. The van der Waals surface area contributed by atoms with Crippen LogP contribution in [0.4, 0.5) is 0 Å². The van der Waals surface area contributed by atoms with Crippen LogP contribution in [0.2, 0.25) is 0 Å². The molecule has 0 aromatic carbocycles. The van der Waals surface area contributed by atoms with E-state index in [1.54, 1.807) is 13.8 Å². The quantitative estimate of drug-likeness (QED) is 0.0748. The van der Waals surface area contributed by atoms with Gasteiger partial charge in [-0.05, 0) is 51.0 Å². The van der Waals surface area contributed by atoms with Gasteiger partial charge in [-0.3, -0.25) is 28.5 Å². The van der Waals surface area contributed by atoms with E-state index in [4.69, 9.17) is 24.3 Å². The van der Waals surface area contributed by atoms with Gasteiger partial charge < -0.3 is 18.7 Å². The molecule has 5 atom stereocenters. The lowest BCUT2D eigenvalue weighted by Crippen LogP contribution is -2.46. The van der Waals surface area contributed by atoms with Gasteiger partial charge in [0.05, 0.1) is 32.0 Å². The minimum Gasteiger partial charge on any atom is -0.465 e. The lowest BCUT2D eigenvalue weighted by molar-refractivity contribution is -0.146. The number of nitrogens with one attached hydrogen (secondary N) is 3. The summed E-state index contributed by atoms with van der Waals surface area (Å²) in [6.07, 6.45) is -0.00298. The first-order valence-electron chi connectivity index (χ1n) is 14.4. The van der Waals surface area contributed by atoms with Crippen LogP contribution in [-0.4, -0.2) is 65.5 Å². The third-order valence-electron chi connectivity index (χ3n) is 6.49. The molecule has 3 N–H and O–H groups in total. The average molecular weight is 630 g/mol. The van der Waals surface area contributed by atoms with Crippen molar-refractivity contribution in [2.45, 2.75) is 98.2 Å². The normalized spacial score (nSPS) is 20.1. The van der Waals surface area contributed by atoms with Crippen LogP contribution in [-0.2, 0) is 32.9 Å². The van der Waals surface area contributed by atoms with Crippen LogP contribution >= 0.6 is 7.67 Å². The van der Waals surface area contributed by atoms with E-state index in [0.717, 1.165) is 0 Å². The molecule has 2 heterocycles. The Bertz CT molecular complexity index is 1270. The predicted octanol–water partition coefficient (Wildman–Crippen LogP) is 3.07. The van der Waals surface area contributed by atoms with Gasteiger partial charge >= 0.3 is 25.3 Å². The van der Waals surface area contributed by atoms with E-state index in [1.807, 2.05) is 27.7 Å². The topological polar surface area (TPSA) is 216 Å². The summed E-state index contributed by atoms with van der Waals surface area (Å²) in [5.74, 6) is -1.29. The molecule has 3 unspecified atom stereocenters. The van der Waals surface area contributed by atoms with Crippen LogP contribution in [0.5, 0.6) is 0 Å². The van der Waals surface area contributed by atoms with E-state index in [0.29, 0.717) is 0 Å². The Morgan fingerprint density at radius 2 is 1.65 bits per heavy atom. The molecule has 0 amide bonds. The smallest absolute Gasteiger partial charge is 0.342 e. The maximum atomic E-state index is 14.4. The van der Waals surface area contributed by atoms with Crippen LogP contribution in [0, 0.1) is 18.8 Å². The molecule has 1 aromatic heterocycles. The molecule has 43 heavy (non-hydrogen) atoms. The summed E-state index contributed by atoms with van der Waals surface area (Å²) in [6.45, 7) is 12.1. The highest BCUT2D eigenvalue weighted by Gasteiger charge is 2.41. The van der Waals surface area contributed by atoms with Crippen molar-refractivity contribution in [2.24, 2.45) is 17.0 Å². The van der Waals surface area contributed by atoms with Gasteiger partial charge in [0, 0.05) is 23.1 Å². The lowest BCUT2D eigenvalue weighted by atomic mass is 10.1. The Balaban J connectivity index is 2.42. The second-order valence-electron chi connectivity index (χ2n) is 11.1. The van der Waals surface area contributed by atoms with Gasteiger partial charge in [-0.1, -0.05) is 32.8 Å². The first kappa shape index (κ1) is 36.2. The van der Waals surface area contributed by atoms with Gasteiger partial charge in [0.15, 0.2) is 0 Å². The van der Waals surface area contributed by atoms with Gasteiger partial charge in [0.25, 0.3) is 5.56 Å². The first-order chi connectivity index (χ1) is 20.2. The summed E-state index contributed by atoms with van der Waals surface area (Å²) in [5, 5.41) is 9.31.